The molecular formula is C16H24N6O. The summed E-state index contributed by atoms with van der Waals surface area (Å²) in [7, 11) is 3.57. The summed E-state index contributed by atoms with van der Waals surface area (Å²) in [5.41, 5.74) is 2.31. The van der Waals surface area contributed by atoms with Crippen molar-refractivity contribution in [2.75, 3.05) is 13.7 Å². The zero-order chi connectivity index (χ0) is 16.5. The van der Waals surface area contributed by atoms with Crippen LogP contribution in [-0.2, 0) is 31.5 Å². The van der Waals surface area contributed by atoms with Crippen molar-refractivity contribution in [3.8, 4) is 0 Å². The summed E-state index contributed by atoms with van der Waals surface area (Å²) in [4.78, 5) is 8.83. The average molecular weight is 316 g/mol. The molecule has 2 N–H and O–H groups in total. The Morgan fingerprint density at radius 3 is 2.70 bits per heavy atom. The predicted molar refractivity (Wildman–Crippen MR) is 89.8 cm³/mol. The molecule has 2 aromatic rings. The van der Waals surface area contributed by atoms with Crippen LogP contribution in [0, 0.1) is 0 Å². The third-order valence-electron chi connectivity index (χ3n) is 3.39. The molecule has 0 fully saturated rings. The van der Waals surface area contributed by atoms with Crippen molar-refractivity contribution in [1.29, 1.82) is 0 Å². The van der Waals surface area contributed by atoms with Crippen LogP contribution in [0.25, 0.3) is 0 Å². The normalized spacial score (nSPS) is 11.5. The average Bonchev–Trinajstić information content (AvgIpc) is 2.97. The highest BCUT2D eigenvalue weighted by molar-refractivity contribution is 5.79. The molecule has 0 saturated heterocycles. The molecule has 1 aromatic carbocycles. The third kappa shape index (κ3) is 5.07. The fraction of sp³-hybridized carbons (Fsp3) is 0.438. The van der Waals surface area contributed by atoms with Crippen LogP contribution in [0.4, 0.5) is 0 Å². The van der Waals surface area contributed by atoms with E-state index >= 15 is 0 Å². The van der Waals surface area contributed by atoms with E-state index in [0.29, 0.717) is 19.7 Å². The second kappa shape index (κ2) is 8.89. The number of nitrogens with zero attached hydrogens (tertiary/aromatic N) is 4. The SMILES string of the molecule is CCNC(=NCc1ccccc1COC)NCc1ncnn1C. The highest BCUT2D eigenvalue weighted by atomic mass is 16.5. The lowest BCUT2D eigenvalue weighted by atomic mass is 10.1. The van der Waals surface area contributed by atoms with E-state index in [1.54, 1.807) is 18.1 Å². The minimum absolute atomic E-state index is 0.571. The van der Waals surface area contributed by atoms with E-state index in [4.69, 9.17) is 4.74 Å². The summed E-state index contributed by atoms with van der Waals surface area (Å²) >= 11 is 0. The second-order valence-electron chi connectivity index (χ2n) is 5.05. The van der Waals surface area contributed by atoms with E-state index in [9.17, 15) is 0 Å². The molecule has 0 bridgehead atoms. The van der Waals surface area contributed by atoms with E-state index in [-0.39, 0.29) is 0 Å². The maximum Gasteiger partial charge on any atom is 0.191 e. The lowest BCUT2D eigenvalue weighted by Gasteiger charge is -2.12. The van der Waals surface area contributed by atoms with Crippen LogP contribution >= 0.6 is 0 Å². The van der Waals surface area contributed by atoms with Gasteiger partial charge in [-0.2, -0.15) is 5.10 Å². The molecule has 7 nitrogen and oxygen atoms in total. The van der Waals surface area contributed by atoms with Gasteiger partial charge in [0.1, 0.15) is 12.2 Å². The van der Waals surface area contributed by atoms with E-state index in [1.807, 2.05) is 26.1 Å². The third-order valence-corrected chi connectivity index (χ3v) is 3.39. The van der Waals surface area contributed by atoms with Gasteiger partial charge in [-0.15, -0.1) is 0 Å². The Hall–Kier alpha value is -2.41. The number of hydrogen-bond acceptors (Lipinski definition) is 4. The van der Waals surface area contributed by atoms with Crippen molar-refractivity contribution in [1.82, 2.24) is 25.4 Å². The van der Waals surface area contributed by atoms with E-state index in [0.717, 1.165) is 29.5 Å². The quantitative estimate of drug-likeness (QED) is 0.593. The molecule has 7 heteroatoms. The number of aliphatic imine (C=N–C) groups is 1. The Balaban J connectivity index is 2.02. The van der Waals surface area contributed by atoms with E-state index in [1.165, 1.54) is 0 Å². The number of aromatic nitrogens is 3. The van der Waals surface area contributed by atoms with Gasteiger partial charge in [0.15, 0.2) is 5.96 Å². The van der Waals surface area contributed by atoms with Gasteiger partial charge >= 0.3 is 0 Å². The van der Waals surface area contributed by atoms with Crippen LogP contribution in [0.3, 0.4) is 0 Å². The summed E-state index contributed by atoms with van der Waals surface area (Å²) in [6.07, 6.45) is 1.54. The lowest BCUT2D eigenvalue weighted by molar-refractivity contribution is 0.184. The largest absolute Gasteiger partial charge is 0.380 e. The van der Waals surface area contributed by atoms with Gasteiger partial charge in [-0.1, -0.05) is 24.3 Å². The highest BCUT2D eigenvalue weighted by Gasteiger charge is 2.04. The summed E-state index contributed by atoms with van der Waals surface area (Å²) in [5.74, 6) is 1.61. The molecule has 0 unspecified atom stereocenters. The van der Waals surface area contributed by atoms with Crippen molar-refractivity contribution in [2.24, 2.45) is 12.0 Å². The topological polar surface area (TPSA) is 76.4 Å². The van der Waals surface area contributed by atoms with Crippen LogP contribution in [0.1, 0.15) is 23.9 Å². The number of benzene rings is 1. The molecule has 0 aliphatic carbocycles. The maximum absolute atomic E-state index is 5.23. The number of hydrogen-bond donors (Lipinski definition) is 2. The van der Waals surface area contributed by atoms with Gasteiger partial charge in [0.05, 0.1) is 19.7 Å². The molecule has 0 aliphatic rings. The van der Waals surface area contributed by atoms with Crippen LogP contribution in [0.2, 0.25) is 0 Å². The maximum atomic E-state index is 5.23. The minimum Gasteiger partial charge on any atom is -0.380 e. The minimum atomic E-state index is 0.571. The molecular weight excluding hydrogens is 292 g/mol. The first kappa shape index (κ1) is 17.0. The van der Waals surface area contributed by atoms with Crippen molar-refractivity contribution in [3.05, 3.63) is 47.5 Å². The molecule has 0 aliphatic heterocycles. The summed E-state index contributed by atoms with van der Waals surface area (Å²) in [5, 5.41) is 10.6. The first-order chi connectivity index (χ1) is 11.2. The Morgan fingerprint density at radius 1 is 1.26 bits per heavy atom. The fourth-order valence-corrected chi connectivity index (χ4v) is 2.16. The molecule has 2 rings (SSSR count). The molecule has 1 heterocycles. The number of ether oxygens (including phenoxy) is 1. The molecule has 0 atom stereocenters. The van der Waals surface area contributed by atoms with Crippen molar-refractivity contribution in [2.45, 2.75) is 26.6 Å². The molecule has 0 spiro atoms. The molecule has 0 saturated carbocycles. The molecule has 1 aromatic heterocycles. The Morgan fingerprint density at radius 2 is 2.04 bits per heavy atom. The zero-order valence-corrected chi connectivity index (χ0v) is 13.9. The first-order valence-electron chi connectivity index (χ1n) is 7.65. The van der Waals surface area contributed by atoms with Crippen molar-refractivity contribution in [3.63, 3.8) is 0 Å². The van der Waals surface area contributed by atoms with Gasteiger partial charge < -0.3 is 15.4 Å². The van der Waals surface area contributed by atoms with E-state index in [2.05, 4.69) is 37.8 Å². The Labute approximate surface area is 136 Å². The molecule has 0 radical (unpaired) electrons. The van der Waals surface area contributed by atoms with Gasteiger partial charge in [-0.05, 0) is 18.1 Å². The van der Waals surface area contributed by atoms with Gasteiger partial charge in [0.25, 0.3) is 0 Å². The molecule has 124 valence electrons. The highest BCUT2D eigenvalue weighted by Crippen LogP contribution is 2.11. The van der Waals surface area contributed by atoms with E-state index < -0.39 is 0 Å². The fourth-order valence-electron chi connectivity index (χ4n) is 2.16. The molecule has 23 heavy (non-hydrogen) atoms. The van der Waals surface area contributed by atoms with Crippen molar-refractivity contribution < 1.29 is 4.74 Å². The number of guanidine groups is 1. The Bertz CT molecular complexity index is 637. The van der Waals surface area contributed by atoms with Crippen molar-refractivity contribution >= 4 is 5.96 Å². The monoisotopic (exact) mass is 316 g/mol. The number of rotatable bonds is 7. The number of aryl methyl sites for hydroxylation is 1. The Kier molecular flexibility index (Phi) is 6.56. The van der Waals surface area contributed by atoms with Gasteiger partial charge in [0.2, 0.25) is 0 Å². The number of nitrogens with one attached hydrogen (secondary N) is 2. The van der Waals surface area contributed by atoms with Crippen LogP contribution in [0.15, 0.2) is 35.6 Å². The summed E-state index contributed by atoms with van der Waals surface area (Å²) in [6.45, 7) is 4.59. The summed E-state index contributed by atoms with van der Waals surface area (Å²) in [6, 6.07) is 8.17. The van der Waals surface area contributed by atoms with Gasteiger partial charge in [-0.3, -0.25) is 4.68 Å². The zero-order valence-electron chi connectivity index (χ0n) is 13.9. The molecule has 0 amide bonds. The van der Waals surface area contributed by atoms with Crippen LogP contribution in [0.5, 0.6) is 0 Å². The summed E-state index contributed by atoms with van der Waals surface area (Å²) < 4.78 is 6.98. The van der Waals surface area contributed by atoms with Gasteiger partial charge in [0, 0.05) is 20.7 Å². The second-order valence-corrected chi connectivity index (χ2v) is 5.05. The van der Waals surface area contributed by atoms with Crippen LogP contribution in [-0.4, -0.2) is 34.4 Å². The number of methoxy groups -OCH3 is 1. The predicted octanol–water partition coefficient (Wildman–Crippen LogP) is 1.22. The lowest BCUT2D eigenvalue weighted by Crippen LogP contribution is -2.37. The smallest absolute Gasteiger partial charge is 0.191 e. The van der Waals surface area contributed by atoms with Crippen LogP contribution < -0.4 is 10.6 Å². The van der Waals surface area contributed by atoms with Gasteiger partial charge in [-0.25, -0.2) is 9.98 Å². The standard InChI is InChI=1S/C16H24N6O/c1-4-17-16(19-10-15-20-12-21-22(15)2)18-9-13-7-5-6-8-14(13)11-23-3/h5-8,12H,4,9-11H2,1-3H3,(H2,17,18,19). The first-order valence-corrected chi connectivity index (χ1v) is 7.65.